The lowest BCUT2D eigenvalue weighted by atomic mass is 10.1. The van der Waals surface area contributed by atoms with E-state index in [2.05, 4.69) is 10.3 Å². The van der Waals surface area contributed by atoms with E-state index >= 15 is 0 Å². The second-order valence-electron chi connectivity index (χ2n) is 5.77. The van der Waals surface area contributed by atoms with Gasteiger partial charge in [0.05, 0.1) is 0 Å². The first-order valence-electron chi connectivity index (χ1n) is 8.36. The molecule has 1 amide bonds. The highest BCUT2D eigenvalue weighted by Crippen LogP contribution is 2.24. The summed E-state index contributed by atoms with van der Waals surface area (Å²) in [5, 5.41) is 3.68. The fraction of sp³-hybridized carbons (Fsp3) is 0.143. The van der Waals surface area contributed by atoms with Crippen molar-refractivity contribution in [2.75, 3.05) is 6.54 Å². The van der Waals surface area contributed by atoms with Gasteiger partial charge in [-0.25, -0.2) is 0 Å². The summed E-state index contributed by atoms with van der Waals surface area (Å²) in [6.07, 6.45) is 2.49. The predicted molar refractivity (Wildman–Crippen MR) is 108 cm³/mol. The Kier molecular flexibility index (Phi) is 6.69. The van der Waals surface area contributed by atoms with Crippen molar-refractivity contribution in [2.45, 2.75) is 17.1 Å². The number of carbonyl (C=O) groups is 1. The van der Waals surface area contributed by atoms with Crippen LogP contribution in [-0.2, 0) is 12.2 Å². The van der Waals surface area contributed by atoms with E-state index in [1.54, 1.807) is 18.0 Å². The number of pyridine rings is 1. The molecule has 1 heterocycles. The maximum absolute atomic E-state index is 12.2. The number of hydrogen-bond acceptors (Lipinski definition) is 3. The predicted octanol–water partition coefficient (Wildman–Crippen LogP) is 5.00. The van der Waals surface area contributed by atoms with Crippen LogP contribution in [0.15, 0.2) is 77.8 Å². The number of nitrogens with one attached hydrogen (secondary N) is 1. The van der Waals surface area contributed by atoms with Gasteiger partial charge in [0.25, 0.3) is 5.91 Å². The summed E-state index contributed by atoms with van der Waals surface area (Å²) >= 11 is 7.64. The first kappa shape index (κ1) is 18.5. The van der Waals surface area contributed by atoms with E-state index in [0.717, 1.165) is 22.9 Å². The Morgan fingerprint density at radius 3 is 2.46 bits per heavy atom. The topological polar surface area (TPSA) is 42.0 Å². The first-order valence-corrected chi connectivity index (χ1v) is 9.72. The van der Waals surface area contributed by atoms with E-state index in [0.29, 0.717) is 12.1 Å². The van der Waals surface area contributed by atoms with Crippen molar-refractivity contribution in [1.82, 2.24) is 10.3 Å². The van der Waals surface area contributed by atoms with Crippen LogP contribution in [-0.4, -0.2) is 17.4 Å². The Morgan fingerprint density at radius 1 is 1.00 bits per heavy atom. The molecule has 0 aliphatic carbocycles. The van der Waals surface area contributed by atoms with Gasteiger partial charge in [0.2, 0.25) is 0 Å². The Labute approximate surface area is 162 Å². The van der Waals surface area contributed by atoms with Crippen LogP contribution in [0.1, 0.15) is 21.6 Å². The minimum atomic E-state index is -0.0576. The highest BCUT2D eigenvalue weighted by molar-refractivity contribution is 7.98. The molecular formula is C21H19ClN2OS. The molecule has 0 spiro atoms. The van der Waals surface area contributed by atoms with Gasteiger partial charge in [-0.15, -0.1) is 11.8 Å². The second kappa shape index (κ2) is 9.41. The Hall–Kier alpha value is -2.30. The van der Waals surface area contributed by atoms with Crippen LogP contribution in [0.25, 0.3) is 0 Å². The molecule has 3 rings (SSSR count). The molecular weight excluding hydrogens is 364 g/mol. The SMILES string of the molecule is O=C(NCCc1ccccn1)c1ccc(CSc2ccc(Cl)cc2)cc1. The Balaban J connectivity index is 1.47. The number of thioether (sulfide) groups is 1. The van der Waals surface area contributed by atoms with E-state index < -0.39 is 0 Å². The number of benzene rings is 2. The third-order valence-corrected chi connectivity index (χ3v) is 5.16. The fourth-order valence-electron chi connectivity index (χ4n) is 2.40. The van der Waals surface area contributed by atoms with E-state index in [-0.39, 0.29) is 5.91 Å². The third kappa shape index (κ3) is 5.61. The summed E-state index contributed by atoms with van der Waals surface area (Å²) in [5.74, 6) is 0.793. The number of halogens is 1. The van der Waals surface area contributed by atoms with Gasteiger partial charge >= 0.3 is 0 Å². The van der Waals surface area contributed by atoms with Crippen molar-refractivity contribution in [3.63, 3.8) is 0 Å². The van der Waals surface area contributed by atoms with Gasteiger partial charge in [-0.05, 0) is 54.1 Å². The van der Waals surface area contributed by atoms with Crippen LogP contribution in [0, 0.1) is 0 Å². The van der Waals surface area contributed by atoms with Crippen LogP contribution >= 0.6 is 23.4 Å². The van der Waals surface area contributed by atoms with E-state index in [9.17, 15) is 4.79 Å². The molecule has 0 radical (unpaired) electrons. The van der Waals surface area contributed by atoms with Crippen molar-refractivity contribution in [1.29, 1.82) is 0 Å². The third-order valence-electron chi connectivity index (χ3n) is 3.83. The highest BCUT2D eigenvalue weighted by atomic mass is 35.5. The molecule has 1 aromatic heterocycles. The summed E-state index contributed by atoms with van der Waals surface area (Å²) in [5.41, 5.74) is 2.82. The number of nitrogens with zero attached hydrogens (tertiary/aromatic N) is 1. The lowest BCUT2D eigenvalue weighted by Gasteiger charge is -2.07. The summed E-state index contributed by atoms with van der Waals surface area (Å²) < 4.78 is 0. The molecule has 2 aromatic carbocycles. The molecule has 0 bridgehead atoms. The van der Waals surface area contributed by atoms with Crippen molar-refractivity contribution < 1.29 is 4.79 Å². The quantitative estimate of drug-likeness (QED) is 0.584. The molecule has 132 valence electrons. The second-order valence-corrected chi connectivity index (χ2v) is 7.25. The molecule has 0 atom stereocenters. The largest absolute Gasteiger partial charge is 0.352 e. The van der Waals surface area contributed by atoms with Crippen LogP contribution in [0.2, 0.25) is 5.02 Å². The van der Waals surface area contributed by atoms with Crippen molar-refractivity contribution in [3.05, 3.63) is 94.8 Å². The molecule has 0 fully saturated rings. The van der Waals surface area contributed by atoms with Gasteiger partial charge in [0, 0.05) is 46.1 Å². The monoisotopic (exact) mass is 382 g/mol. The van der Waals surface area contributed by atoms with E-state index in [4.69, 9.17) is 11.6 Å². The smallest absolute Gasteiger partial charge is 0.251 e. The Bertz CT molecular complexity index is 836. The lowest BCUT2D eigenvalue weighted by Crippen LogP contribution is -2.25. The molecule has 0 saturated carbocycles. The molecule has 3 nitrogen and oxygen atoms in total. The summed E-state index contributed by atoms with van der Waals surface area (Å²) in [6.45, 7) is 0.573. The normalized spacial score (nSPS) is 10.5. The van der Waals surface area contributed by atoms with Crippen molar-refractivity contribution >= 4 is 29.3 Å². The fourth-order valence-corrected chi connectivity index (χ4v) is 3.38. The average molecular weight is 383 g/mol. The van der Waals surface area contributed by atoms with Crippen molar-refractivity contribution in [3.8, 4) is 0 Å². The van der Waals surface area contributed by atoms with Gasteiger partial charge in [-0.2, -0.15) is 0 Å². The zero-order chi connectivity index (χ0) is 18.2. The molecule has 5 heteroatoms. The summed E-state index contributed by atoms with van der Waals surface area (Å²) in [7, 11) is 0. The number of carbonyl (C=O) groups excluding carboxylic acids is 1. The number of hydrogen-bond donors (Lipinski definition) is 1. The first-order chi connectivity index (χ1) is 12.7. The number of rotatable bonds is 7. The van der Waals surface area contributed by atoms with Gasteiger partial charge in [-0.3, -0.25) is 9.78 Å². The van der Waals surface area contributed by atoms with Gasteiger partial charge in [-0.1, -0.05) is 29.8 Å². The summed E-state index contributed by atoms with van der Waals surface area (Å²) in [4.78, 5) is 17.6. The zero-order valence-corrected chi connectivity index (χ0v) is 15.8. The highest BCUT2D eigenvalue weighted by Gasteiger charge is 2.05. The summed E-state index contributed by atoms with van der Waals surface area (Å²) in [6, 6.07) is 21.3. The van der Waals surface area contributed by atoms with Crippen LogP contribution in [0.5, 0.6) is 0 Å². The average Bonchev–Trinajstić information content (AvgIpc) is 2.69. The van der Waals surface area contributed by atoms with Gasteiger partial charge in [0.1, 0.15) is 0 Å². The number of amides is 1. The van der Waals surface area contributed by atoms with E-state index in [1.165, 1.54) is 10.5 Å². The minimum Gasteiger partial charge on any atom is -0.352 e. The van der Waals surface area contributed by atoms with Gasteiger partial charge < -0.3 is 5.32 Å². The van der Waals surface area contributed by atoms with Crippen LogP contribution < -0.4 is 5.32 Å². The molecule has 1 N–H and O–H groups in total. The maximum atomic E-state index is 12.2. The maximum Gasteiger partial charge on any atom is 0.251 e. The van der Waals surface area contributed by atoms with Crippen LogP contribution in [0.3, 0.4) is 0 Å². The zero-order valence-electron chi connectivity index (χ0n) is 14.2. The molecule has 0 aliphatic heterocycles. The van der Waals surface area contributed by atoms with Crippen molar-refractivity contribution in [2.24, 2.45) is 0 Å². The molecule has 26 heavy (non-hydrogen) atoms. The molecule has 3 aromatic rings. The van der Waals surface area contributed by atoms with Crippen LogP contribution in [0.4, 0.5) is 0 Å². The number of aromatic nitrogens is 1. The molecule has 0 aliphatic rings. The molecule has 0 unspecified atom stereocenters. The lowest BCUT2D eigenvalue weighted by molar-refractivity contribution is 0.0954. The van der Waals surface area contributed by atoms with Gasteiger partial charge in [0.15, 0.2) is 0 Å². The van der Waals surface area contributed by atoms with E-state index in [1.807, 2.05) is 66.7 Å². The minimum absolute atomic E-state index is 0.0576. The Morgan fingerprint density at radius 2 is 1.77 bits per heavy atom. The molecule has 0 saturated heterocycles. The standard InChI is InChI=1S/C21H19ClN2OS/c22-18-8-10-20(11-9-18)26-15-16-4-6-17(7-5-16)21(25)24-14-12-19-3-1-2-13-23-19/h1-11,13H,12,14-15H2,(H,24,25).